The second kappa shape index (κ2) is 11.4. The summed E-state index contributed by atoms with van der Waals surface area (Å²) in [6.45, 7) is 2.64. The highest BCUT2D eigenvalue weighted by atomic mass is 35.5. The molecule has 0 aromatic heterocycles. The Hall–Kier alpha value is -2.02. The molecule has 2 aromatic rings. The van der Waals surface area contributed by atoms with E-state index in [1.807, 2.05) is 24.5 Å². The van der Waals surface area contributed by atoms with Crippen LogP contribution in [0.25, 0.3) is 0 Å². The summed E-state index contributed by atoms with van der Waals surface area (Å²) in [5.74, 6) is 0.334. The number of carbonyl (C=O) groups is 2. The van der Waals surface area contributed by atoms with Crippen molar-refractivity contribution in [1.29, 1.82) is 0 Å². The first kappa shape index (κ1) is 22.7. The van der Waals surface area contributed by atoms with Crippen molar-refractivity contribution >= 4 is 35.2 Å². The second-order valence-corrected chi connectivity index (χ2v) is 8.90. The van der Waals surface area contributed by atoms with E-state index >= 15 is 0 Å². The zero-order valence-corrected chi connectivity index (χ0v) is 18.7. The van der Waals surface area contributed by atoms with Crippen LogP contribution in [0.4, 0.5) is 0 Å². The molecule has 2 aromatic carbocycles. The first-order valence-electron chi connectivity index (χ1n) is 10.2. The average Bonchev–Trinajstić information content (AvgIpc) is 3.18. The monoisotopic (exact) mass is 445 g/mol. The average molecular weight is 446 g/mol. The fourth-order valence-electron chi connectivity index (χ4n) is 3.62. The van der Waals surface area contributed by atoms with Crippen molar-refractivity contribution < 1.29 is 9.59 Å². The smallest absolute Gasteiger partial charge is 0.253 e. The van der Waals surface area contributed by atoms with Crippen LogP contribution in [0.5, 0.6) is 0 Å². The number of nitrogens with one attached hydrogen (secondary N) is 2. The summed E-state index contributed by atoms with van der Waals surface area (Å²) in [6, 6.07) is 16.7. The van der Waals surface area contributed by atoms with Crippen LogP contribution < -0.4 is 10.6 Å². The van der Waals surface area contributed by atoms with E-state index in [1.54, 1.807) is 36.0 Å². The van der Waals surface area contributed by atoms with Gasteiger partial charge in [-0.05, 0) is 42.5 Å². The number of thioether (sulfide) groups is 1. The van der Waals surface area contributed by atoms with Gasteiger partial charge in [0.15, 0.2) is 0 Å². The Balaban J connectivity index is 1.56. The predicted molar refractivity (Wildman–Crippen MR) is 124 cm³/mol. The zero-order chi connectivity index (χ0) is 21.3. The molecule has 2 atom stereocenters. The normalized spacial score (nSPS) is 17.5. The van der Waals surface area contributed by atoms with Gasteiger partial charge in [0.1, 0.15) is 6.04 Å². The van der Waals surface area contributed by atoms with Gasteiger partial charge >= 0.3 is 0 Å². The highest BCUT2D eigenvalue weighted by Crippen LogP contribution is 2.16. The molecule has 1 saturated heterocycles. The molecule has 1 aliphatic rings. The molecular weight excluding hydrogens is 418 g/mol. The van der Waals surface area contributed by atoms with Crippen LogP contribution in [-0.2, 0) is 11.3 Å². The fraction of sp³-hybridized carbons (Fsp3) is 0.391. The summed E-state index contributed by atoms with van der Waals surface area (Å²) < 4.78 is 0. The van der Waals surface area contributed by atoms with E-state index in [-0.39, 0.29) is 17.9 Å². The predicted octanol–water partition coefficient (Wildman–Crippen LogP) is 3.58. The van der Waals surface area contributed by atoms with E-state index in [0.29, 0.717) is 17.0 Å². The van der Waals surface area contributed by atoms with E-state index in [0.717, 1.165) is 31.8 Å². The van der Waals surface area contributed by atoms with Crippen molar-refractivity contribution in [3.8, 4) is 0 Å². The van der Waals surface area contributed by atoms with Crippen LogP contribution >= 0.6 is 23.4 Å². The van der Waals surface area contributed by atoms with Gasteiger partial charge in [-0.3, -0.25) is 14.5 Å². The molecule has 160 valence electrons. The third-order valence-corrected chi connectivity index (χ3v) is 6.19. The van der Waals surface area contributed by atoms with Crippen LogP contribution in [-0.4, -0.2) is 53.9 Å². The summed E-state index contributed by atoms with van der Waals surface area (Å²) in [6.07, 6.45) is 3.47. The summed E-state index contributed by atoms with van der Waals surface area (Å²) in [5.41, 5.74) is 1.66. The SMILES string of the molecule is CSCCC(NC(=O)c1ccccc1Cl)C(=O)NC1CCN(Cc2ccccc2)C1. The number of nitrogens with zero attached hydrogens (tertiary/aromatic N) is 1. The Morgan fingerprint density at radius 1 is 1.17 bits per heavy atom. The molecule has 30 heavy (non-hydrogen) atoms. The number of benzene rings is 2. The number of hydrogen-bond acceptors (Lipinski definition) is 4. The minimum Gasteiger partial charge on any atom is -0.350 e. The third-order valence-electron chi connectivity index (χ3n) is 5.22. The maximum absolute atomic E-state index is 12.9. The Bertz CT molecular complexity index is 849. The highest BCUT2D eigenvalue weighted by molar-refractivity contribution is 7.98. The van der Waals surface area contributed by atoms with Gasteiger partial charge in [-0.25, -0.2) is 0 Å². The lowest BCUT2D eigenvalue weighted by molar-refractivity contribution is -0.123. The topological polar surface area (TPSA) is 61.4 Å². The van der Waals surface area contributed by atoms with Crippen molar-refractivity contribution in [3.05, 3.63) is 70.7 Å². The quantitative estimate of drug-likeness (QED) is 0.619. The number of halogens is 1. The maximum atomic E-state index is 12.9. The van der Waals surface area contributed by atoms with Crippen LogP contribution in [0.3, 0.4) is 0 Å². The Kier molecular flexibility index (Phi) is 8.61. The maximum Gasteiger partial charge on any atom is 0.253 e. The van der Waals surface area contributed by atoms with Crippen LogP contribution in [0.2, 0.25) is 5.02 Å². The fourth-order valence-corrected chi connectivity index (χ4v) is 4.32. The molecule has 0 bridgehead atoms. The van der Waals surface area contributed by atoms with Gasteiger partial charge in [0.05, 0.1) is 10.6 Å². The Morgan fingerprint density at radius 2 is 1.90 bits per heavy atom. The first-order chi connectivity index (χ1) is 14.6. The minimum absolute atomic E-state index is 0.0928. The third kappa shape index (κ3) is 6.49. The van der Waals surface area contributed by atoms with Crippen molar-refractivity contribution in [2.45, 2.75) is 31.5 Å². The van der Waals surface area contributed by atoms with Crippen LogP contribution in [0.1, 0.15) is 28.8 Å². The largest absolute Gasteiger partial charge is 0.350 e. The van der Waals surface area contributed by atoms with Crippen molar-refractivity contribution in [3.63, 3.8) is 0 Å². The molecule has 1 heterocycles. The molecule has 0 radical (unpaired) electrons. The van der Waals surface area contributed by atoms with Crippen molar-refractivity contribution in [2.24, 2.45) is 0 Å². The molecule has 1 fully saturated rings. The molecule has 0 spiro atoms. The van der Waals surface area contributed by atoms with Crippen LogP contribution in [0, 0.1) is 0 Å². The van der Waals surface area contributed by atoms with E-state index < -0.39 is 6.04 Å². The Morgan fingerprint density at radius 3 is 2.63 bits per heavy atom. The second-order valence-electron chi connectivity index (χ2n) is 7.50. The summed E-state index contributed by atoms with van der Waals surface area (Å²) >= 11 is 7.79. The molecule has 2 amide bonds. The van der Waals surface area contributed by atoms with E-state index in [2.05, 4.69) is 27.7 Å². The highest BCUT2D eigenvalue weighted by Gasteiger charge is 2.28. The number of rotatable bonds is 9. The molecule has 2 N–H and O–H groups in total. The van der Waals surface area contributed by atoms with Crippen molar-refractivity contribution in [2.75, 3.05) is 25.1 Å². The summed E-state index contributed by atoms with van der Waals surface area (Å²) in [7, 11) is 0. The van der Waals surface area contributed by atoms with Gasteiger partial charge in [-0.15, -0.1) is 0 Å². The minimum atomic E-state index is -0.579. The summed E-state index contributed by atoms with van der Waals surface area (Å²) in [4.78, 5) is 27.9. The molecular formula is C23H28ClN3O2S. The van der Waals surface area contributed by atoms with E-state index in [9.17, 15) is 9.59 Å². The van der Waals surface area contributed by atoms with Gasteiger partial charge in [-0.2, -0.15) is 11.8 Å². The van der Waals surface area contributed by atoms with Gasteiger partial charge < -0.3 is 10.6 Å². The van der Waals surface area contributed by atoms with Crippen LogP contribution in [0.15, 0.2) is 54.6 Å². The standard InChI is InChI=1S/C23H28ClN3O2S/c1-30-14-12-21(26-22(28)19-9-5-6-10-20(19)24)23(29)25-18-11-13-27(16-18)15-17-7-3-2-4-8-17/h2-10,18,21H,11-16H2,1H3,(H,25,29)(H,26,28). The molecule has 1 aliphatic heterocycles. The molecule has 7 heteroatoms. The number of carbonyl (C=O) groups excluding carboxylic acids is 2. The van der Waals surface area contributed by atoms with Gasteiger partial charge in [-0.1, -0.05) is 54.1 Å². The molecule has 2 unspecified atom stereocenters. The lowest BCUT2D eigenvalue weighted by atomic mass is 10.1. The summed E-state index contributed by atoms with van der Waals surface area (Å²) in [5, 5.41) is 6.39. The number of hydrogen-bond donors (Lipinski definition) is 2. The van der Waals surface area contributed by atoms with Gasteiger partial charge in [0.2, 0.25) is 5.91 Å². The number of amides is 2. The van der Waals surface area contributed by atoms with E-state index in [4.69, 9.17) is 11.6 Å². The Labute approximate surface area is 187 Å². The lowest BCUT2D eigenvalue weighted by Crippen LogP contribution is -2.50. The zero-order valence-electron chi connectivity index (χ0n) is 17.1. The molecule has 0 aliphatic carbocycles. The van der Waals surface area contributed by atoms with Gasteiger partial charge in [0, 0.05) is 25.7 Å². The lowest BCUT2D eigenvalue weighted by Gasteiger charge is -2.22. The number of likely N-dealkylation sites (tertiary alicyclic amines) is 1. The van der Waals surface area contributed by atoms with Gasteiger partial charge in [0.25, 0.3) is 5.91 Å². The molecule has 3 rings (SSSR count). The first-order valence-corrected chi connectivity index (χ1v) is 11.9. The molecule has 5 nitrogen and oxygen atoms in total. The van der Waals surface area contributed by atoms with E-state index in [1.165, 1.54) is 5.56 Å². The molecule has 0 saturated carbocycles. The van der Waals surface area contributed by atoms with Crippen molar-refractivity contribution in [1.82, 2.24) is 15.5 Å².